The zero-order valence-electron chi connectivity index (χ0n) is 11.6. The summed E-state index contributed by atoms with van der Waals surface area (Å²) in [6.07, 6.45) is 4.39. The number of aryl methyl sites for hydroxylation is 1. The van der Waals surface area contributed by atoms with Crippen LogP contribution in [0, 0.1) is 12.8 Å². The lowest BCUT2D eigenvalue weighted by Gasteiger charge is -2.23. The van der Waals surface area contributed by atoms with Gasteiger partial charge in [-0.2, -0.15) is 0 Å². The maximum Gasteiger partial charge on any atom is 0.240 e. The molecule has 4 nitrogen and oxygen atoms in total. The van der Waals surface area contributed by atoms with Crippen LogP contribution in [0.25, 0.3) is 0 Å². The van der Waals surface area contributed by atoms with Gasteiger partial charge in [0.2, 0.25) is 10.0 Å². The molecule has 0 heterocycles. The van der Waals surface area contributed by atoms with Crippen LogP contribution < -0.4 is 10.5 Å². The predicted octanol–water partition coefficient (Wildman–Crippen LogP) is 2.44. The van der Waals surface area contributed by atoms with Crippen molar-refractivity contribution >= 4 is 21.6 Å². The van der Waals surface area contributed by atoms with Crippen molar-refractivity contribution in [2.75, 3.05) is 6.54 Å². The summed E-state index contributed by atoms with van der Waals surface area (Å²) in [5.41, 5.74) is 6.60. The van der Waals surface area contributed by atoms with E-state index in [0.29, 0.717) is 17.5 Å². The zero-order valence-corrected chi connectivity index (χ0v) is 13.2. The summed E-state index contributed by atoms with van der Waals surface area (Å²) in [5, 5.41) is 0.457. The van der Waals surface area contributed by atoms with Crippen molar-refractivity contribution < 1.29 is 8.42 Å². The Balaban J connectivity index is 2.18. The fourth-order valence-electron chi connectivity index (χ4n) is 2.70. The second-order valence-corrected chi connectivity index (χ2v) is 7.54. The molecule has 0 aromatic heterocycles. The summed E-state index contributed by atoms with van der Waals surface area (Å²) in [6, 6.07) is 4.58. The van der Waals surface area contributed by atoms with Gasteiger partial charge in [-0.15, -0.1) is 0 Å². The first kappa shape index (κ1) is 15.8. The molecule has 0 saturated heterocycles. The second kappa shape index (κ2) is 6.43. The number of hydrogen-bond donors (Lipinski definition) is 2. The Morgan fingerprint density at radius 3 is 2.60 bits per heavy atom. The van der Waals surface area contributed by atoms with Gasteiger partial charge in [-0.1, -0.05) is 30.5 Å². The molecule has 2 rings (SSSR count). The van der Waals surface area contributed by atoms with Crippen LogP contribution in [-0.4, -0.2) is 21.0 Å². The Morgan fingerprint density at radius 1 is 1.40 bits per heavy atom. The SMILES string of the molecule is Cc1ccc(S(=O)(=O)NC(CN)C2CCCC2)cc1Cl. The van der Waals surface area contributed by atoms with E-state index in [4.69, 9.17) is 17.3 Å². The molecule has 1 aliphatic carbocycles. The van der Waals surface area contributed by atoms with Crippen LogP contribution in [0.4, 0.5) is 0 Å². The van der Waals surface area contributed by atoms with Crippen LogP contribution in [0.2, 0.25) is 5.02 Å². The largest absolute Gasteiger partial charge is 0.329 e. The van der Waals surface area contributed by atoms with Crippen molar-refractivity contribution in [3.63, 3.8) is 0 Å². The van der Waals surface area contributed by atoms with Gasteiger partial charge in [-0.05, 0) is 43.4 Å². The highest BCUT2D eigenvalue weighted by atomic mass is 35.5. The Hall–Kier alpha value is -0.620. The van der Waals surface area contributed by atoms with E-state index >= 15 is 0 Å². The highest BCUT2D eigenvalue weighted by molar-refractivity contribution is 7.89. The lowest BCUT2D eigenvalue weighted by molar-refractivity contribution is 0.405. The van der Waals surface area contributed by atoms with E-state index in [2.05, 4.69) is 4.72 Å². The normalized spacial score (nSPS) is 18.4. The standard InChI is InChI=1S/C14H21ClN2O2S/c1-10-6-7-12(8-13(10)15)20(18,19)17-14(9-16)11-4-2-3-5-11/h6-8,11,14,17H,2-5,9,16H2,1H3. The Labute approximate surface area is 125 Å². The summed E-state index contributed by atoms with van der Waals surface area (Å²) < 4.78 is 27.5. The summed E-state index contributed by atoms with van der Waals surface area (Å²) in [4.78, 5) is 0.199. The van der Waals surface area contributed by atoms with E-state index in [1.165, 1.54) is 6.07 Å². The van der Waals surface area contributed by atoms with Crippen molar-refractivity contribution in [1.82, 2.24) is 4.72 Å². The third-order valence-electron chi connectivity index (χ3n) is 3.98. The van der Waals surface area contributed by atoms with Gasteiger partial charge in [0.1, 0.15) is 0 Å². The molecule has 1 saturated carbocycles. The van der Waals surface area contributed by atoms with Crippen molar-refractivity contribution in [2.45, 2.75) is 43.5 Å². The van der Waals surface area contributed by atoms with Gasteiger partial charge in [0, 0.05) is 17.6 Å². The maximum absolute atomic E-state index is 12.4. The molecule has 1 unspecified atom stereocenters. The molecule has 0 amide bonds. The van der Waals surface area contributed by atoms with Gasteiger partial charge in [0.15, 0.2) is 0 Å². The predicted molar refractivity (Wildman–Crippen MR) is 81.3 cm³/mol. The molecule has 0 radical (unpaired) electrons. The fourth-order valence-corrected chi connectivity index (χ4v) is 4.29. The van der Waals surface area contributed by atoms with Crippen molar-refractivity contribution in [2.24, 2.45) is 11.7 Å². The van der Waals surface area contributed by atoms with E-state index in [0.717, 1.165) is 31.2 Å². The lowest BCUT2D eigenvalue weighted by Crippen LogP contribution is -2.44. The molecule has 0 bridgehead atoms. The van der Waals surface area contributed by atoms with Crippen LogP contribution in [0.15, 0.2) is 23.1 Å². The maximum atomic E-state index is 12.4. The van der Waals surface area contributed by atoms with Gasteiger partial charge >= 0.3 is 0 Å². The first-order valence-electron chi connectivity index (χ1n) is 6.92. The second-order valence-electron chi connectivity index (χ2n) is 5.42. The minimum Gasteiger partial charge on any atom is -0.329 e. The molecule has 1 aromatic carbocycles. The Morgan fingerprint density at radius 2 is 2.05 bits per heavy atom. The summed E-state index contributed by atoms with van der Waals surface area (Å²) in [6.45, 7) is 2.16. The van der Waals surface area contributed by atoms with Crippen LogP contribution in [0.3, 0.4) is 0 Å². The van der Waals surface area contributed by atoms with Gasteiger partial charge in [-0.3, -0.25) is 0 Å². The molecule has 1 atom stereocenters. The van der Waals surface area contributed by atoms with Crippen molar-refractivity contribution in [3.8, 4) is 0 Å². The number of benzene rings is 1. The minimum atomic E-state index is -3.56. The number of hydrogen-bond acceptors (Lipinski definition) is 3. The molecule has 0 spiro atoms. The summed E-state index contributed by atoms with van der Waals surface area (Å²) in [5.74, 6) is 0.343. The molecule has 1 aliphatic rings. The third kappa shape index (κ3) is 3.52. The molecule has 1 aromatic rings. The third-order valence-corrected chi connectivity index (χ3v) is 5.88. The highest BCUT2D eigenvalue weighted by Gasteiger charge is 2.28. The Kier molecular flexibility index (Phi) is 5.07. The minimum absolute atomic E-state index is 0.192. The van der Waals surface area contributed by atoms with E-state index in [-0.39, 0.29) is 10.9 Å². The van der Waals surface area contributed by atoms with E-state index in [1.54, 1.807) is 12.1 Å². The van der Waals surface area contributed by atoms with Gasteiger partial charge in [-0.25, -0.2) is 13.1 Å². The molecule has 20 heavy (non-hydrogen) atoms. The molecule has 112 valence electrons. The van der Waals surface area contributed by atoms with Crippen LogP contribution >= 0.6 is 11.6 Å². The number of nitrogens with one attached hydrogen (secondary N) is 1. The topological polar surface area (TPSA) is 72.2 Å². The molecule has 6 heteroatoms. The number of rotatable bonds is 5. The monoisotopic (exact) mass is 316 g/mol. The van der Waals surface area contributed by atoms with Gasteiger partial charge in [0.05, 0.1) is 4.90 Å². The number of nitrogens with two attached hydrogens (primary N) is 1. The van der Waals surface area contributed by atoms with Crippen molar-refractivity contribution in [1.29, 1.82) is 0 Å². The summed E-state index contributed by atoms with van der Waals surface area (Å²) >= 11 is 6.00. The highest BCUT2D eigenvalue weighted by Crippen LogP contribution is 2.28. The van der Waals surface area contributed by atoms with E-state index in [1.807, 2.05) is 6.92 Å². The summed E-state index contributed by atoms with van der Waals surface area (Å²) in [7, 11) is -3.56. The quantitative estimate of drug-likeness (QED) is 0.876. The lowest BCUT2D eigenvalue weighted by atomic mass is 9.99. The van der Waals surface area contributed by atoms with Gasteiger partial charge in [0.25, 0.3) is 0 Å². The average Bonchev–Trinajstić information content (AvgIpc) is 2.93. The average molecular weight is 317 g/mol. The van der Waals surface area contributed by atoms with Crippen LogP contribution in [0.5, 0.6) is 0 Å². The van der Waals surface area contributed by atoms with Crippen molar-refractivity contribution in [3.05, 3.63) is 28.8 Å². The van der Waals surface area contributed by atoms with E-state index in [9.17, 15) is 8.42 Å². The van der Waals surface area contributed by atoms with Gasteiger partial charge < -0.3 is 5.73 Å². The first-order valence-corrected chi connectivity index (χ1v) is 8.78. The molecule has 3 N–H and O–H groups in total. The molecule has 0 aliphatic heterocycles. The molecular formula is C14H21ClN2O2S. The Bertz CT molecular complexity index is 569. The molecule has 1 fully saturated rings. The van der Waals surface area contributed by atoms with Crippen LogP contribution in [0.1, 0.15) is 31.2 Å². The smallest absolute Gasteiger partial charge is 0.240 e. The first-order chi connectivity index (χ1) is 9.44. The zero-order chi connectivity index (χ0) is 14.8. The number of halogens is 1. The number of sulfonamides is 1. The fraction of sp³-hybridized carbons (Fsp3) is 0.571. The van der Waals surface area contributed by atoms with Crippen LogP contribution in [-0.2, 0) is 10.0 Å². The van der Waals surface area contributed by atoms with E-state index < -0.39 is 10.0 Å². The molecular weight excluding hydrogens is 296 g/mol.